The van der Waals surface area contributed by atoms with Crippen LogP contribution in [-0.2, 0) is 11.3 Å². The predicted octanol–water partition coefficient (Wildman–Crippen LogP) is 4.18. The molecule has 128 valence electrons. The number of pyridine rings is 1. The average molecular weight is 342 g/mol. The summed E-state index contributed by atoms with van der Waals surface area (Å²) < 4.78 is 5.57. The molecule has 0 atom stereocenters. The van der Waals surface area contributed by atoms with E-state index in [0.717, 1.165) is 27.6 Å². The van der Waals surface area contributed by atoms with Crippen LogP contribution in [0.3, 0.4) is 0 Å². The van der Waals surface area contributed by atoms with Crippen LogP contribution in [0.5, 0.6) is 5.75 Å². The van der Waals surface area contributed by atoms with E-state index in [9.17, 15) is 4.79 Å². The lowest BCUT2D eigenvalue weighted by Gasteiger charge is -2.19. The Labute approximate surface area is 152 Å². The van der Waals surface area contributed by atoms with Crippen LogP contribution in [0.4, 0.5) is 0 Å². The van der Waals surface area contributed by atoms with Gasteiger partial charge in [0, 0.05) is 42.5 Å². The molecule has 0 unspecified atom stereocenters. The molecule has 1 aliphatic rings. The second kappa shape index (κ2) is 6.84. The van der Waals surface area contributed by atoms with E-state index in [0.29, 0.717) is 12.1 Å². The summed E-state index contributed by atoms with van der Waals surface area (Å²) >= 11 is 0. The first-order valence-electron chi connectivity index (χ1n) is 8.43. The summed E-state index contributed by atoms with van der Waals surface area (Å²) in [6.07, 6.45) is 8.76. The Kier molecular flexibility index (Phi) is 4.23. The first kappa shape index (κ1) is 16.1. The molecule has 26 heavy (non-hydrogen) atoms. The van der Waals surface area contributed by atoms with Crippen LogP contribution >= 0.6 is 0 Å². The Balaban J connectivity index is 1.61. The Morgan fingerprint density at radius 1 is 1.12 bits per heavy atom. The van der Waals surface area contributed by atoms with Gasteiger partial charge < -0.3 is 9.64 Å². The maximum Gasteiger partial charge on any atom is 0.254 e. The third-order valence-electron chi connectivity index (χ3n) is 4.44. The highest BCUT2D eigenvalue weighted by atomic mass is 16.5. The molecule has 4 heteroatoms. The molecule has 0 N–H and O–H groups in total. The van der Waals surface area contributed by atoms with Crippen molar-refractivity contribution in [3.63, 3.8) is 0 Å². The van der Waals surface area contributed by atoms with Gasteiger partial charge in [-0.3, -0.25) is 9.78 Å². The lowest BCUT2D eigenvalue weighted by Crippen LogP contribution is -2.27. The van der Waals surface area contributed by atoms with Gasteiger partial charge in [0.05, 0.1) is 6.26 Å². The van der Waals surface area contributed by atoms with Gasteiger partial charge in [-0.2, -0.15) is 0 Å². The zero-order chi connectivity index (χ0) is 17.9. The van der Waals surface area contributed by atoms with Crippen molar-refractivity contribution in [1.29, 1.82) is 0 Å². The third kappa shape index (κ3) is 3.09. The van der Waals surface area contributed by atoms with E-state index in [4.69, 9.17) is 4.74 Å². The number of ether oxygens (including phenoxy) is 1. The molecule has 4 rings (SSSR count). The van der Waals surface area contributed by atoms with Gasteiger partial charge in [-0.15, -0.1) is 0 Å². The molecule has 1 amide bonds. The van der Waals surface area contributed by atoms with Crippen LogP contribution in [-0.4, -0.2) is 22.8 Å². The van der Waals surface area contributed by atoms with Crippen molar-refractivity contribution >= 4 is 22.8 Å². The van der Waals surface area contributed by atoms with Crippen LogP contribution in [0.25, 0.3) is 16.8 Å². The molecule has 3 aromatic rings. The summed E-state index contributed by atoms with van der Waals surface area (Å²) in [6, 6.07) is 15.7. The quantitative estimate of drug-likeness (QED) is 0.717. The molecule has 0 fully saturated rings. The normalized spacial score (nSPS) is 12.7. The number of likely N-dealkylation sites (N-methyl/N-ethyl adjacent to an activating group) is 1. The number of benzene rings is 2. The topological polar surface area (TPSA) is 42.4 Å². The molecule has 2 heterocycles. The van der Waals surface area contributed by atoms with Gasteiger partial charge in [0.15, 0.2) is 0 Å². The van der Waals surface area contributed by atoms with Gasteiger partial charge in [-0.1, -0.05) is 36.4 Å². The Bertz CT molecular complexity index is 1030. The largest absolute Gasteiger partial charge is 0.464 e. The number of rotatable bonds is 3. The molecular formula is C22H18N2O2. The number of amides is 1. The fraction of sp³-hybridized carbons (Fsp3) is 0.0909. The summed E-state index contributed by atoms with van der Waals surface area (Å²) in [7, 11) is 1.81. The van der Waals surface area contributed by atoms with Crippen LogP contribution in [0.15, 0.2) is 78.8 Å². The highest BCUT2D eigenvalue weighted by Gasteiger charge is 2.16. The van der Waals surface area contributed by atoms with Crippen molar-refractivity contribution in [1.82, 2.24) is 9.88 Å². The second-order valence-electron chi connectivity index (χ2n) is 6.23. The van der Waals surface area contributed by atoms with Crippen molar-refractivity contribution in [3.8, 4) is 5.75 Å². The highest BCUT2D eigenvalue weighted by Crippen LogP contribution is 2.25. The first-order valence-corrected chi connectivity index (χ1v) is 8.43. The molecule has 0 aliphatic carbocycles. The number of carbonyl (C=O) groups is 1. The fourth-order valence-corrected chi connectivity index (χ4v) is 3.11. The van der Waals surface area contributed by atoms with Crippen molar-refractivity contribution in [3.05, 3.63) is 90.0 Å². The average Bonchev–Trinajstić information content (AvgIpc) is 2.90. The maximum absolute atomic E-state index is 12.9. The molecular weight excluding hydrogens is 324 g/mol. The number of hydrogen-bond acceptors (Lipinski definition) is 3. The van der Waals surface area contributed by atoms with Crippen molar-refractivity contribution in [2.45, 2.75) is 6.54 Å². The summed E-state index contributed by atoms with van der Waals surface area (Å²) in [6.45, 7) is 0.522. The Hall–Kier alpha value is -3.40. The van der Waals surface area contributed by atoms with Crippen molar-refractivity contribution in [2.75, 3.05) is 7.05 Å². The lowest BCUT2D eigenvalue weighted by atomic mass is 10.1. The van der Waals surface area contributed by atoms with Crippen molar-refractivity contribution in [2.24, 2.45) is 0 Å². The smallest absolute Gasteiger partial charge is 0.254 e. The van der Waals surface area contributed by atoms with Crippen LogP contribution in [0.1, 0.15) is 11.1 Å². The van der Waals surface area contributed by atoms with Crippen LogP contribution in [0.2, 0.25) is 0 Å². The van der Waals surface area contributed by atoms with Gasteiger partial charge >= 0.3 is 0 Å². The SMILES string of the molecule is CN(Cc1cccc2cnccc12)C(=O)C1=Cc2ccccc2OC=C1. The predicted molar refractivity (Wildman–Crippen MR) is 102 cm³/mol. The minimum absolute atomic E-state index is 0.0485. The van der Waals surface area contributed by atoms with Crippen LogP contribution < -0.4 is 4.74 Å². The van der Waals surface area contributed by atoms with Crippen molar-refractivity contribution < 1.29 is 9.53 Å². The van der Waals surface area contributed by atoms with Gasteiger partial charge in [-0.25, -0.2) is 0 Å². The Morgan fingerprint density at radius 2 is 2.00 bits per heavy atom. The number of aromatic nitrogens is 1. The molecule has 0 bridgehead atoms. The maximum atomic E-state index is 12.9. The van der Waals surface area contributed by atoms with Gasteiger partial charge in [0.2, 0.25) is 0 Å². The van der Waals surface area contributed by atoms with Gasteiger partial charge in [0.25, 0.3) is 5.91 Å². The standard InChI is InChI=1S/C22H18N2O2/c1-24(15-19-7-4-6-18-14-23-11-9-20(18)19)22(25)17-10-12-26-21-8-3-2-5-16(21)13-17/h2-14H,15H2,1H3. The molecule has 4 nitrogen and oxygen atoms in total. The summed E-state index contributed by atoms with van der Waals surface area (Å²) in [5.74, 6) is 0.698. The van der Waals surface area contributed by atoms with E-state index < -0.39 is 0 Å². The molecule has 0 spiro atoms. The van der Waals surface area contributed by atoms with E-state index in [2.05, 4.69) is 4.98 Å². The molecule has 1 aromatic heterocycles. The number of fused-ring (bicyclic) bond motifs is 2. The fourth-order valence-electron chi connectivity index (χ4n) is 3.11. The van der Waals surface area contributed by atoms with E-state index in [1.807, 2.05) is 67.9 Å². The zero-order valence-electron chi connectivity index (χ0n) is 14.4. The number of carbonyl (C=O) groups excluding carboxylic acids is 1. The second-order valence-corrected chi connectivity index (χ2v) is 6.23. The highest BCUT2D eigenvalue weighted by molar-refractivity contribution is 6.01. The van der Waals surface area contributed by atoms with Gasteiger partial charge in [0.1, 0.15) is 5.75 Å². The van der Waals surface area contributed by atoms with E-state index in [-0.39, 0.29) is 5.91 Å². The molecule has 2 aromatic carbocycles. The lowest BCUT2D eigenvalue weighted by molar-refractivity contribution is -0.125. The van der Waals surface area contributed by atoms with Gasteiger partial charge in [-0.05, 0) is 35.2 Å². The number of nitrogens with zero attached hydrogens (tertiary/aromatic N) is 2. The number of para-hydroxylation sites is 1. The molecule has 0 saturated heterocycles. The molecule has 0 radical (unpaired) electrons. The summed E-state index contributed by atoms with van der Waals surface area (Å²) in [4.78, 5) is 18.8. The summed E-state index contributed by atoms with van der Waals surface area (Å²) in [5, 5.41) is 2.18. The molecule has 1 aliphatic heterocycles. The minimum Gasteiger partial charge on any atom is -0.464 e. The third-order valence-corrected chi connectivity index (χ3v) is 4.44. The van der Waals surface area contributed by atoms with Crippen LogP contribution in [0, 0.1) is 0 Å². The molecule has 0 saturated carbocycles. The van der Waals surface area contributed by atoms with E-state index in [1.54, 1.807) is 23.4 Å². The van der Waals surface area contributed by atoms with E-state index >= 15 is 0 Å². The number of hydrogen-bond donors (Lipinski definition) is 0. The van der Waals surface area contributed by atoms with E-state index in [1.165, 1.54) is 0 Å². The monoisotopic (exact) mass is 342 g/mol. The summed E-state index contributed by atoms with van der Waals surface area (Å²) in [5.41, 5.74) is 2.58. The zero-order valence-corrected chi connectivity index (χ0v) is 14.4. The minimum atomic E-state index is -0.0485. The Morgan fingerprint density at radius 3 is 2.92 bits per heavy atom. The first-order chi connectivity index (χ1) is 12.7.